The fraction of sp³-hybridized carbons (Fsp3) is 0.778. The largest absolute Gasteiger partial charge is 0.497 e. The van der Waals surface area contributed by atoms with Gasteiger partial charge in [-0.3, -0.25) is 0 Å². The van der Waals surface area contributed by atoms with Gasteiger partial charge in [0.25, 0.3) is 0 Å². The molecule has 0 amide bonds. The molecule has 2 atom stereocenters. The molecular formula is C9H13F3O. The average molecular weight is 194 g/mol. The van der Waals surface area contributed by atoms with E-state index in [0.29, 0.717) is 6.61 Å². The van der Waals surface area contributed by atoms with Gasteiger partial charge in [-0.25, -0.2) is 0 Å². The lowest BCUT2D eigenvalue weighted by atomic mass is 10.0. The Morgan fingerprint density at radius 2 is 2.23 bits per heavy atom. The van der Waals surface area contributed by atoms with E-state index in [1.165, 1.54) is 0 Å². The molecule has 0 radical (unpaired) electrons. The Bertz CT molecular complexity index is 207. The van der Waals surface area contributed by atoms with E-state index in [1.54, 1.807) is 6.08 Å². The summed E-state index contributed by atoms with van der Waals surface area (Å²) in [5.74, 6) is -1.23. The van der Waals surface area contributed by atoms with Crippen LogP contribution in [-0.4, -0.2) is 12.8 Å². The van der Waals surface area contributed by atoms with Gasteiger partial charge in [0.05, 0.1) is 6.61 Å². The zero-order chi connectivity index (χ0) is 10.1. The van der Waals surface area contributed by atoms with Crippen LogP contribution in [0.1, 0.15) is 20.3 Å². The van der Waals surface area contributed by atoms with Crippen molar-refractivity contribution >= 4 is 0 Å². The van der Waals surface area contributed by atoms with Crippen molar-refractivity contribution in [1.82, 2.24) is 0 Å². The quantitative estimate of drug-likeness (QED) is 0.656. The first kappa shape index (κ1) is 10.4. The first-order valence-corrected chi connectivity index (χ1v) is 4.36. The first-order valence-electron chi connectivity index (χ1n) is 4.36. The maximum atomic E-state index is 12.2. The van der Waals surface area contributed by atoms with Gasteiger partial charge >= 0.3 is 6.18 Å². The second kappa shape index (κ2) is 3.60. The molecule has 0 aromatic carbocycles. The van der Waals surface area contributed by atoms with Crippen LogP contribution < -0.4 is 0 Å². The molecule has 0 N–H and O–H groups in total. The summed E-state index contributed by atoms with van der Waals surface area (Å²) in [4.78, 5) is 0. The van der Waals surface area contributed by atoms with Crippen molar-refractivity contribution in [2.75, 3.05) is 6.61 Å². The molecule has 0 fully saturated rings. The molecule has 4 heteroatoms. The number of hydrogen-bond acceptors (Lipinski definition) is 1. The van der Waals surface area contributed by atoms with Crippen molar-refractivity contribution in [3.05, 3.63) is 11.8 Å². The Hall–Kier alpha value is -0.670. The van der Waals surface area contributed by atoms with E-state index < -0.39 is 12.1 Å². The summed E-state index contributed by atoms with van der Waals surface area (Å²) in [5, 5.41) is 0. The van der Waals surface area contributed by atoms with Gasteiger partial charge in [-0.1, -0.05) is 6.92 Å². The zero-order valence-corrected chi connectivity index (χ0v) is 7.69. The molecule has 1 nitrogen and oxygen atoms in total. The lowest BCUT2D eigenvalue weighted by molar-refractivity contribution is -0.167. The Balaban J connectivity index is 2.64. The van der Waals surface area contributed by atoms with Crippen molar-refractivity contribution in [1.29, 1.82) is 0 Å². The van der Waals surface area contributed by atoms with Crippen LogP contribution in [-0.2, 0) is 4.74 Å². The van der Waals surface area contributed by atoms with Gasteiger partial charge in [-0.05, 0) is 19.4 Å². The third-order valence-electron chi connectivity index (χ3n) is 2.31. The van der Waals surface area contributed by atoms with Crippen LogP contribution in [0.2, 0.25) is 0 Å². The van der Waals surface area contributed by atoms with Crippen LogP contribution >= 0.6 is 0 Å². The molecule has 1 rings (SSSR count). The molecule has 0 bridgehead atoms. The van der Waals surface area contributed by atoms with Crippen LogP contribution in [0.3, 0.4) is 0 Å². The van der Waals surface area contributed by atoms with Gasteiger partial charge < -0.3 is 4.74 Å². The predicted octanol–water partition coefficient (Wildman–Crippen LogP) is 3.13. The van der Waals surface area contributed by atoms with Crippen molar-refractivity contribution in [2.24, 2.45) is 11.8 Å². The van der Waals surface area contributed by atoms with Gasteiger partial charge in [0, 0.05) is 5.92 Å². The van der Waals surface area contributed by atoms with E-state index in [-0.39, 0.29) is 11.7 Å². The third kappa shape index (κ3) is 2.39. The number of halogens is 3. The van der Waals surface area contributed by atoms with Crippen LogP contribution in [0.4, 0.5) is 13.2 Å². The Morgan fingerprint density at radius 1 is 1.62 bits per heavy atom. The highest BCUT2D eigenvalue weighted by Crippen LogP contribution is 2.35. The molecule has 0 spiro atoms. The smallest absolute Gasteiger partial charge is 0.398 e. The van der Waals surface area contributed by atoms with Crippen LogP contribution in [0, 0.1) is 11.8 Å². The summed E-state index contributed by atoms with van der Waals surface area (Å²) in [6.45, 7) is 3.46. The van der Waals surface area contributed by atoms with Crippen LogP contribution in [0.15, 0.2) is 11.8 Å². The number of alkyl halides is 3. The topological polar surface area (TPSA) is 9.23 Å². The summed E-state index contributed by atoms with van der Waals surface area (Å²) in [5.41, 5.74) is 0. The summed E-state index contributed by atoms with van der Waals surface area (Å²) < 4.78 is 41.6. The van der Waals surface area contributed by atoms with Crippen molar-refractivity contribution in [3.8, 4) is 0 Å². The maximum absolute atomic E-state index is 12.2. The fourth-order valence-electron chi connectivity index (χ4n) is 1.20. The minimum Gasteiger partial charge on any atom is -0.497 e. The predicted molar refractivity (Wildman–Crippen MR) is 43.0 cm³/mol. The molecule has 76 valence electrons. The van der Waals surface area contributed by atoms with Gasteiger partial charge in [-0.15, -0.1) is 0 Å². The van der Waals surface area contributed by atoms with E-state index in [4.69, 9.17) is 4.74 Å². The molecule has 0 saturated heterocycles. The normalized spacial score (nSPS) is 25.3. The highest BCUT2D eigenvalue weighted by molar-refractivity contribution is 5.07. The number of rotatable bonds is 2. The summed E-state index contributed by atoms with van der Waals surface area (Å²) in [6.07, 6.45) is -1.76. The maximum Gasteiger partial charge on any atom is 0.398 e. The van der Waals surface area contributed by atoms with Crippen molar-refractivity contribution in [3.63, 3.8) is 0 Å². The number of allylic oxidation sites excluding steroid dienone is 1. The monoisotopic (exact) mass is 194 g/mol. The molecule has 0 saturated carbocycles. The SMILES string of the molecule is CCC1C=C([C@H](C)C(F)(F)F)OC1. The summed E-state index contributed by atoms with van der Waals surface area (Å²) in [7, 11) is 0. The third-order valence-corrected chi connectivity index (χ3v) is 2.31. The highest BCUT2D eigenvalue weighted by atomic mass is 19.4. The lowest BCUT2D eigenvalue weighted by Gasteiger charge is -2.16. The molecule has 0 aliphatic carbocycles. The van der Waals surface area contributed by atoms with Crippen LogP contribution in [0.5, 0.6) is 0 Å². The molecule has 0 aromatic rings. The van der Waals surface area contributed by atoms with Crippen molar-refractivity contribution in [2.45, 2.75) is 26.4 Å². The number of ether oxygens (including phenoxy) is 1. The summed E-state index contributed by atoms with van der Waals surface area (Å²) >= 11 is 0. The Kier molecular flexibility index (Phi) is 2.88. The minimum absolute atomic E-state index is 0.0827. The van der Waals surface area contributed by atoms with Gasteiger partial charge in [0.15, 0.2) is 0 Å². The Labute approximate surface area is 75.6 Å². The molecule has 13 heavy (non-hydrogen) atoms. The highest BCUT2D eigenvalue weighted by Gasteiger charge is 2.41. The second-order valence-electron chi connectivity index (χ2n) is 3.31. The number of hydrogen-bond donors (Lipinski definition) is 0. The average Bonchev–Trinajstić information content (AvgIpc) is 2.48. The van der Waals surface area contributed by atoms with E-state index in [2.05, 4.69) is 0 Å². The van der Waals surface area contributed by atoms with Crippen molar-refractivity contribution < 1.29 is 17.9 Å². The molecule has 1 aliphatic heterocycles. The van der Waals surface area contributed by atoms with E-state index in [9.17, 15) is 13.2 Å². The minimum atomic E-state index is -4.19. The van der Waals surface area contributed by atoms with Gasteiger partial charge in [0.2, 0.25) is 0 Å². The molecular weight excluding hydrogens is 181 g/mol. The van der Waals surface area contributed by atoms with Gasteiger partial charge in [0.1, 0.15) is 11.7 Å². The lowest BCUT2D eigenvalue weighted by Crippen LogP contribution is -2.21. The van der Waals surface area contributed by atoms with E-state index in [0.717, 1.165) is 13.3 Å². The standard InChI is InChI=1S/C9H13F3O/c1-3-7-4-8(13-5-7)6(2)9(10,11)12/h4,6-7H,3,5H2,1-2H3/t6-,7?/m0/s1. The first-order chi connectivity index (χ1) is 5.95. The molecule has 0 aromatic heterocycles. The van der Waals surface area contributed by atoms with Gasteiger partial charge in [-0.2, -0.15) is 13.2 Å². The molecule has 1 aliphatic rings. The molecule has 1 unspecified atom stereocenters. The molecule has 1 heterocycles. The van der Waals surface area contributed by atoms with E-state index in [1.807, 2.05) is 6.92 Å². The zero-order valence-electron chi connectivity index (χ0n) is 7.69. The fourth-order valence-corrected chi connectivity index (χ4v) is 1.20. The van der Waals surface area contributed by atoms with E-state index >= 15 is 0 Å². The Morgan fingerprint density at radius 3 is 2.62 bits per heavy atom. The summed E-state index contributed by atoms with van der Waals surface area (Å²) in [6, 6.07) is 0. The second-order valence-corrected chi connectivity index (χ2v) is 3.31. The van der Waals surface area contributed by atoms with Crippen LogP contribution in [0.25, 0.3) is 0 Å².